The van der Waals surface area contributed by atoms with E-state index in [2.05, 4.69) is 20.5 Å². The van der Waals surface area contributed by atoms with E-state index in [0.717, 1.165) is 0 Å². The summed E-state index contributed by atoms with van der Waals surface area (Å²) in [5.74, 6) is -1.18. The quantitative estimate of drug-likeness (QED) is 0.616. The number of rotatable bonds is 3. The van der Waals surface area contributed by atoms with Crippen LogP contribution in [0.4, 0.5) is 0 Å². The standard InChI is InChI=1S/C7H7N5O3/c13-3-12-2-1-4(10-12)5-6(7(14)15)9-11-8-5/h1-2,13H,3H2,(H,14,15)(H,8,9,11). The number of hydrogen-bond donors (Lipinski definition) is 3. The first kappa shape index (κ1) is 9.34. The summed E-state index contributed by atoms with van der Waals surface area (Å²) in [6, 6.07) is 1.54. The number of carbonyl (C=O) groups is 1. The molecule has 0 aliphatic rings. The maximum Gasteiger partial charge on any atom is 0.358 e. The summed E-state index contributed by atoms with van der Waals surface area (Å²) >= 11 is 0. The molecule has 0 bridgehead atoms. The lowest BCUT2D eigenvalue weighted by Gasteiger charge is -1.92. The molecule has 0 unspecified atom stereocenters. The molecule has 2 aromatic heterocycles. The van der Waals surface area contributed by atoms with E-state index in [0.29, 0.717) is 5.69 Å². The Hall–Kier alpha value is -2.22. The third-order valence-corrected chi connectivity index (χ3v) is 1.78. The fourth-order valence-corrected chi connectivity index (χ4v) is 1.13. The van der Waals surface area contributed by atoms with E-state index in [9.17, 15) is 4.79 Å². The van der Waals surface area contributed by atoms with Crippen molar-refractivity contribution in [2.24, 2.45) is 0 Å². The summed E-state index contributed by atoms with van der Waals surface area (Å²) in [6.07, 6.45) is 1.51. The molecule has 0 amide bonds. The molecule has 0 saturated carbocycles. The number of H-pyrrole nitrogens is 1. The van der Waals surface area contributed by atoms with Gasteiger partial charge >= 0.3 is 5.97 Å². The van der Waals surface area contributed by atoms with Crippen LogP contribution in [0.15, 0.2) is 12.3 Å². The Morgan fingerprint density at radius 2 is 2.33 bits per heavy atom. The molecule has 0 spiro atoms. The number of carboxylic acid groups (broad SMARTS) is 1. The van der Waals surface area contributed by atoms with Crippen LogP contribution in [-0.2, 0) is 6.73 Å². The molecule has 0 saturated heterocycles. The summed E-state index contributed by atoms with van der Waals surface area (Å²) in [5.41, 5.74) is 0.295. The van der Waals surface area contributed by atoms with E-state index >= 15 is 0 Å². The van der Waals surface area contributed by atoms with Crippen LogP contribution in [0.2, 0.25) is 0 Å². The van der Waals surface area contributed by atoms with Crippen LogP contribution in [0, 0.1) is 0 Å². The molecule has 0 aliphatic heterocycles. The van der Waals surface area contributed by atoms with Crippen molar-refractivity contribution in [3.8, 4) is 11.4 Å². The molecular formula is C7H7N5O3. The number of aliphatic hydroxyl groups excluding tert-OH is 1. The van der Waals surface area contributed by atoms with Crippen molar-refractivity contribution in [2.75, 3.05) is 0 Å². The Bertz CT molecular complexity index is 488. The molecule has 15 heavy (non-hydrogen) atoms. The molecule has 2 heterocycles. The topological polar surface area (TPSA) is 117 Å². The highest BCUT2D eigenvalue weighted by Crippen LogP contribution is 2.16. The monoisotopic (exact) mass is 209 g/mol. The van der Waals surface area contributed by atoms with Gasteiger partial charge in [-0.05, 0) is 6.07 Å². The van der Waals surface area contributed by atoms with Gasteiger partial charge in [-0.25, -0.2) is 9.48 Å². The van der Waals surface area contributed by atoms with Crippen LogP contribution in [-0.4, -0.2) is 41.4 Å². The van der Waals surface area contributed by atoms with Crippen molar-refractivity contribution in [2.45, 2.75) is 6.73 Å². The van der Waals surface area contributed by atoms with Crippen molar-refractivity contribution >= 4 is 5.97 Å². The lowest BCUT2D eigenvalue weighted by Crippen LogP contribution is -2.01. The second-order valence-corrected chi connectivity index (χ2v) is 2.71. The van der Waals surface area contributed by atoms with Crippen molar-refractivity contribution in [1.82, 2.24) is 25.2 Å². The van der Waals surface area contributed by atoms with Gasteiger partial charge in [-0.1, -0.05) is 0 Å². The lowest BCUT2D eigenvalue weighted by molar-refractivity contribution is 0.0691. The fraction of sp³-hybridized carbons (Fsp3) is 0.143. The number of aromatic amines is 1. The fourth-order valence-electron chi connectivity index (χ4n) is 1.13. The predicted octanol–water partition coefficient (Wildman–Crippen LogP) is -0.684. The van der Waals surface area contributed by atoms with Gasteiger partial charge in [0.2, 0.25) is 0 Å². The van der Waals surface area contributed by atoms with E-state index in [1.807, 2.05) is 0 Å². The van der Waals surface area contributed by atoms with Gasteiger partial charge in [0, 0.05) is 6.20 Å². The first-order valence-corrected chi connectivity index (χ1v) is 4.01. The van der Waals surface area contributed by atoms with E-state index < -0.39 is 5.97 Å². The molecule has 0 radical (unpaired) electrons. The first-order valence-electron chi connectivity index (χ1n) is 4.01. The Morgan fingerprint density at radius 3 is 2.93 bits per heavy atom. The van der Waals surface area contributed by atoms with Crippen molar-refractivity contribution in [1.29, 1.82) is 0 Å². The number of nitrogens with zero attached hydrogens (tertiary/aromatic N) is 4. The van der Waals surface area contributed by atoms with Crippen LogP contribution >= 0.6 is 0 Å². The van der Waals surface area contributed by atoms with E-state index in [1.165, 1.54) is 10.9 Å². The lowest BCUT2D eigenvalue weighted by atomic mass is 10.2. The summed E-state index contributed by atoms with van der Waals surface area (Å²) in [7, 11) is 0. The van der Waals surface area contributed by atoms with Gasteiger partial charge in [0.25, 0.3) is 0 Å². The van der Waals surface area contributed by atoms with Crippen LogP contribution in [0.1, 0.15) is 10.5 Å². The predicted molar refractivity (Wildman–Crippen MR) is 46.8 cm³/mol. The second kappa shape index (κ2) is 3.50. The first-order chi connectivity index (χ1) is 7.22. The molecule has 8 heteroatoms. The van der Waals surface area contributed by atoms with Gasteiger partial charge in [0.05, 0.1) is 0 Å². The molecule has 8 nitrogen and oxygen atoms in total. The van der Waals surface area contributed by atoms with Gasteiger partial charge in [0.15, 0.2) is 5.69 Å². The molecule has 0 aliphatic carbocycles. The zero-order chi connectivity index (χ0) is 10.8. The summed E-state index contributed by atoms with van der Waals surface area (Å²) < 4.78 is 1.25. The average Bonchev–Trinajstić information content (AvgIpc) is 2.85. The van der Waals surface area contributed by atoms with E-state index in [-0.39, 0.29) is 18.1 Å². The van der Waals surface area contributed by atoms with Gasteiger partial charge in [0.1, 0.15) is 18.1 Å². The maximum absolute atomic E-state index is 10.7. The molecule has 2 rings (SSSR count). The van der Waals surface area contributed by atoms with Crippen molar-refractivity contribution < 1.29 is 15.0 Å². The number of aliphatic hydroxyl groups is 1. The Labute approximate surface area is 83.2 Å². The zero-order valence-electron chi connectivity index (χ0n) is 7.45. The average molecular weight is 209 g/mol. The minimum Gasteiger partial charge on any atom is -0.476 e. The third-order valence-electron chi connectivity index (χ3n) is 1.78. The van der Waals surface area contributed by atoms with Crippen LogP contribution in [0.3, 0.4) is 0 Å². The molecule has 0 aromatic carbocycles. The molecule has 3 N–H and O–H groups in total. The summed E-state index contributed by atoms with van der Waals surface area (Å²) in [5, 5.41) is 30.8. The summed E-state index contributed by atoms with van der Waals surface area (Å²) in [4.78, 5) is 10.7. The van der Waals surface area contributed by atoms with E-state index in [4.69, 9.17) is 10.2 Å². The smallest absolute Gasteiger partial charge is 0.358 e. The Morgan fingerprint density at radius 1 is 1.53 bits per heavy atom. The molecular weight excluding hydrogens is 202 g/mol. The Balaban J connectivity index is 2.44. The van der Waals surface area contributed by atoms with Crippen LogP contribution < -0.4 is 0 Å². The minimum atomic E-state index is -1.18. The Kier molecular flexibility index (Phi) is 2.18. The molecule has 78 valence electrons. The van der Waals surface area contributed by atoms with E-state index in [1.54, 1.807) is 6.07 Å². The number of carboxylic acids is 1. The minimum absolute atomic E-state index is 0.148. The largest absolute Gasteiger partial charge is 0.476 e. The number of nitrogens with one attached hydrogen (secondary N) is 1. The number of hydrogen-bond acceptors (Lipinski definition) is 5. The highest BCUT2D eigenvalue weighted by Gasteiger charge is 2.18. The van der Waals surface area contributed by atoms with Crippen molar-refractivity contribution in [3.05, 3.63) is 18.0 Å². The summed E-state index contributed by atoms with van der Waals surface area (Å²) in [6.45, 7) is -0.278. The highest BCUT2D eigenvalue weighted by atomic mass is 16.4. The molecule has 0 fully saturated rings. The van der Waals surface area contributed by atoms with Gasteiger partial charge in [-0.15, -0.1) is 5.10 Å². The van der Waals surface area contributed by atoms with Gasteiger partial charge < -0.3 is 10.2 Å². The number of aromatic carboxylic acids is 1. The SMILES string of the molecule is O=C(O)c1n[nH]nc1-c1ccn(CO)n1. The van der Waals surface area contributed by atoms with Gasteiger partial charge in [-0.3, -0.25) is 0 Å². The normalized spacial score (nSPS) is 10.5. The molecule has 2 aromatic rings. The van der Waals surface area contributed by atoms with Crippen LogP contribution in [0.5, 0.6) is 0 Å². The second-order valence-electron chi connectivity index (χ2n) is 2.71. The highest BCUT2D eigenvalue weighted by molar-refractivity contribution is 5.91. The zero-order valence-corrected chi connectivity index (χ0v) is 7.45. The third kappa shape index (κ3) is 1.57. The van der Waals surface area contributed by atoms with Crippen LogP contribution in [0.25, 0.3) is 11.4 Å². The maximum atomic E-state index is 10.7. The number of aromatic nitrogens is 5. The molecule has 0 atom stereocenters. The van der Waals surface area contributed by atoms with Crippen molar-refractivity contribution in [3.63, 3.8) is 0 Å². The van der Waals surface area contributed by atoms with Gasteiger partial charge in [-0.2, -0.15) is 15.4 Å².